The molecule has 8 aromatic carbocycles. The lowest BCUT2D eigenvalue weighted by Gasteiger charge is -2.16. The molecule has 0 spiro atoms. The first-order valence-corrected chi connectivity index (χ1v) is 17.2. The SMILES string of the molecule is c1ccc(-c2cc(-c3ccccc3)cc(-n3c4ccccc4c4cccc(-c5ccc(-n6c7ccccc7c7ccccc76)cc5)c43)c2)cc1. The monoisotopic (exact) mass is 636 g/mol. The van der Waals surface area contributed by atoms with Gasteiger partial charge in [0, 0.05) is 38.5 Å². The van der Waals surface area contributed by atoms with Crippen molar-refractivity contribution in [2.45, 2.75) is 0 Å². The molecule has 0 amide bonds. The number of hydrogen-bond acceptors (Lipinski definition) is 0. The van der Waals surface area contributed by atoms with Gasteiger partial charge in [-0.15, -0.1) is 0 Å². The van der Waals surface area contributed by atoms with Crippen LogP contribution >= 0.6 is 0 Å². The molecule has 234 valence electrons. The smallest absolute Gasteiger partial charge is 0.0619 e. The van der Waals surface area contributed by atoms with E-state index in [0.717, 1.165) is 11.4 Å². The molecule has 10 aromatic rings. The van der Waals surface area contributed by atoms with Gasteiger partial charge in [0.05, 0.1) is 22.1 Å². The summed E-state index contributed by atoms with van der Waals surface area (Å²) in [6.07, 6.45) is 0. The first-order chi connectivity index (χ1) is 24.8. The van der Waals surface area contributed by atoms with Crippen molar-refractivity contribution in [2.75, 3.05) is 0 Å². The average Bonchev–Trinajstić information content (AvgIpc) is 3.72. The van der Waals surface area contributed by atoms with Gasteiger partial charge in [0.25, 0.3) is 0 Å². The highest BCUT2D eigenvalue weighted by Gasteiger charge is 2.18. The van der Waals surface area contributed by atoms with Gasteiger partial charge in [-0.25, -0.2) is 0 Å². The zero-order chi connectivity index (χ0) is 33.0. The maximum atomic E-state index is 2.47. The van der Waals surface area contributed by atoms with Crippen molar-refractivity contribution in [1.29, 1.82) is 0 Å². The van der Waals surface area contributed by atoms with Gasteiger partial charge in [-0.05, 0) is 76.3 Å². The van der Waals surface area contributed by atoms with Crippen LogP contribution < -0.4 is 0 Å². The lowest BCUT2D eigenvalue weighted by atomic mass is 9.97. The van der Waals surface area contributed by atoms with E-state index in [9.17, 15) is 0 Å². The van der Waals surface area contributed by atoms with E-state index in [1.807, 2.05) is 0 Å². The molecule has 50 heavy (non-hydrogen) atoms. The Morgan fingerprint density at radius 3 is 1.28 bits per heavy atom. The molecule has 2 heterocycles. The maximum absolute atomic E-state index is 2.47. The molecule has 2 heteroatoms. The number of benzene rings is 8. The van der Waals surface area contributed by atoms with Crippen LogP contribution in [0.5, 0.6) is 0 Å². The summed E-state index contributed by atoms with van der Waals surface area (Å²) in [5, 5.41) is 5.04. The summed E-state index contributed by atoms with van der Waals surface area (Å²) < 4.78 is 4.85. The fraction of sp³-hybridized carbons (Fsp3) is 0. The first kappa shape index (κ1) is 28.4. The molecule has 2 aromatic heterocycles. The van der Waals surface area contributed by atoms with Gasteiger partial charge in [-0.3, -0.25) is 0 Å². The van der Waals surface area contributed by atoms with Gasteiger partial charge in [-0.2, -0.15) is 0 Å². The van der Waals surface area contributed by atoms with E-state index in [0.29, 0.717) is 0 Å². The van der Waals surface area contributed by atoms with Crippen molar-refractivity contribution in [3.8, 4) is 44.8 Å². The van der Waals surface area contributed by atoms with Gasteiger partial charge >= 0.3 is 0 Å². The van der Waals surface area contributed by atoms with Crippen molar-refractivity contribution >= 4 is 43.6 Å². The predicted molar refractivity (Wildman–Crippen MR) is 211 cm³/mol. The highest BCUT2D eigenvalue weighted by Crippen LogP contribution is 2.41. The number of fused-ring (bicyclic) bond motifs is 6. The molecule has 2 nitrogen and oxygen atoms in total. The molecule has 0 saturated heterocycles. The molecule has 0 aliphatic carbocycles. The van der Waals surface area contributed by atoms with Gasteiger partial charge in [0.15, 0.2) is 0 Å². The summed E-state index contributed by atoms with van der Waals surface area (Å²) in [6, 6.07) is 70.4. The largest absolute Gasteiger partial charge is 0.309 e. The predicted octanol–water partition coefficient (Wildman–Crippen LogP) is 12.9. The molecule has 0 unspecified atom stereocenters. The number of hydrogen-bond donors (Lipinski definition) is 0. The Morgan fingerprint density at radius 1 is 0.260 bits per heavy atom. The minimum absolute atomic E-state index is 1.14. The molecule has 0 atom stereocenters. The summed E-state index contributed by atoms with van der Waals surface area (Å²) >= 11 is 0. The zero-order valence-electron chi connectivity index (χ0n) is 27.4. The molecule has 0 N–H and O–H groups in total. The van der Waals surface area contributed by atoms with Crippen LogP contribution in [0.4, 0.5) is 0 Å². The lowest BCUT2D eigenvalue weighted by molar-refractivity contribution is 1.18. The molecule has 0 aliphatic rings. The number of para-hydroxylation sites is 4. The number of aromatic nitrogens is 2. The Morgan fingerprint density at radius 2 is 0.720 bits per heavy atom. The van der Waals surface area contributed by atoms with E-state index in [1.54, 1.807) is 0 Å². The second kappa shape index (κ2) is 11.5. The van der Waals surface area contributed by atoms with Crippen LogP contribution in [-0.2, 0) is 0 Å². The fourth-order valence-electron chi connectivity index (χ4n) is 7.85. The Kier molecular flexibility index (Phi) is 6.53. The van der Waals surface area contributed by atoms with E-state index in [2.05, 4.69) is 203 Å². The molecular weight excluding hydrogens is 605 g/mol. The normalized spacial score (nSPS) is 11.6. The summed E-state index contributed by atoms with van der Waals surface area (Å²) in [7, 11) is 0. The Balaban J connectivity index is 1.20. The quantitative estimate of drug-likeness (QED) is 0.178. The lowest BCUT2D eigenvalue weighted by Crippen LogP contribution is -1.98. The van der Waals surface area contributed by atoms with E-state index in [1.165, 1.54) is 77.0 Å². The summed E-state index contributed by atoms with van der Waals surface area (Å²) in [5.74, 6) is 0. The minimum atomic E-state index is 1.14. The summed E-state index contributed by atoms with van der Waals surface area (Å²) in [5.41, 5.74) is 14.3. The fourth-order valence-corrected chi connectivity index (χ4v) is 7.85. The summed E-state index contributed by atoms with van der Waals surface area (Å²) in [4.78, 5) is 0. The molecule has 10 rings (SSSR count). The van der Waals surface area contributed by atoms with Gasteiger partial charge < -0.3 is 9.13 Å². The topological polar surface area (TPSA) is 9.86 Å². The van der Waals surface area contributed by atoms with Crippen LogP contribution in [0.1, 0.15) is 0 Å². The third kappa shape index (κ3) is 4.50. The third-order valence-corrected chi connectivity index (χ3v) is 10.1. The zero-order valence-corrected chi connectivity index (χ0v) is 27.4. The highest BCUT2D eigenvalue weighted by atomic mass is 15.0. The van der Waals surface area contributed by atoms with Crippen LogP contribution in [0.2, 0.25) is 0 Å². The average molecular weight is 637 g/mol. The van der Waals surface area contributed by atoms with Crippen LogP contribution in [0.3, 0.4) is 0 Å². The first-order valence-electron chi connectivity index (χ1n) is 17.2. The van der Waals surface area contributed by atoms with Gasteiger partial charge in [0.1, 0.15) is 0 Å². The Hall–Kier alpha value is -6.64. The van der Waals surface area contributed by atoms with Crippen molar-refractivity contribution in [3.05, 3.63) is 194 Å². The van der Waals surface area contributed by atoms with Crippen molar-refractivity contribution in [3.63, 3.8) is 0 Å². The van der Waals surface area contributed by atoms with Crippen molar-refractivity contribution in [1.82, 2.24) is 9.13 Å². The van der Waals surface area contributed by atoms with Gasteiger partial charge in [0.2, 0.25) is 0 Å². The van der Waals surface area contributed by atoms with Crippen LogP contribution in [0.15, 0.2) is 194 Å². The molecular formula is C48H32N2. The minimum Gasteiger partial charge on any atom is -0.309 e. The van der Waals surface area contributed by atoms with E-state index >= 15 is 0 Å². The summed E-state index contributed by atoms with van der Waals surface area (Å²) in [6.45, 7) is 0. The Bertz CT molecular complexity index is 2730. The Labute approximate surface area is 290 Å². The van der Waals surface area contributed by atoms with Crippen molar-refractivity contribution < 1.29 is 0 Å². The molecule has 0 bridgehead atoms. The molecule has 0 radical (unpaired) electrons. The molecule has 0 aliphatic heterocycles. The van der Waals surface area contributed by atoms with Crippen LogP contribution in [0, 0.1) is 0 Å². The third-order valence-electron chi connectivity index (χ3n) is 10.1. The maximum Gasteiger partial charge on any atom is 0.0619 e. The highest BCUT2D eigenvalue weighted by molar-refractivity contribution is 6.14. The molecule has 0 fully saturated rings. The van der Waals surface area contributed by atoms with E-state index in [4.69, 9.17) is 0 Å². The van der Waals surface area contributed by atoms with E-state index < -0.39 is 0 Å². The standard InChI is InChI=1S/C48H32N2/c1-3-14-33(15-4-1)36-30-37(34-16-5-2-6-17-34)32-39(31-36)50-47-25-12-9-20-43(47)44-22-13-21-40(48(44)50)35-26-28-38(29-27-35)49-45-23-10-7-18-41(45)42-19-8-11-24-46(42)49/h1-32H. The van der Waals surface area contributed by atoms with E-state index in [-0.39, 0.29) is 0 Å². The molecule has 0 saturated carbocycles. The number of nitrogens with zero attached hydrogens (tertiary/aromatic N) is 2. The van der Waals surface area contributed by atoms with Crippen LogP contribution in [-0.4, -0.2) is 9.13 Å². The second-order valence-corrected chi connectivity index (χ2v) is 13.0. The van der Waals surface area contributed by atoms with Crippen molar-refractivity contribution in [2.24, 2.45) is 0 Å². The van der Waals surface area contributed by atoms with Crippen LogP contribution in [0.25, 0.3) is 88.4 Å². The second-order valence-electron chi connectivity index (χ2n) is 13.0. The number of rotatable bonds is 5. The van der Waals surface area contributed by atoms with Gasteiger partial charge in [-0.1, -0.05) is 146 Å².